The lowest BCUT2D eigenvalue weighted by molar-refractivity contribution is -0.136. The fourth-order valence-corrected chi connectivity index (χ4v) is 10.1. The van der Waals surface area contributed by atoms with Gasteiger partial charge in [0.25, 0.3) is 0 Å². The first-order valence-corrected chi connectivity index (χ1v) is 26.3. The van der Waals surface area contributed by atoms with Crippen molar-refractivity contribution in [3.8, 4) is 5.75 Å². The summed E-state index contributed by atoms with van der Waals surface area (Å²) in [7, 11) is 2.08. The second-order valence-electron chi connectivity index (χ2n) is 18.0. The average molecular weight is 1030 g/mol. The summed E-state index contributed by atoms with van der Waals surface area (Å²) in [5.41, 5.74) is 14.9. The van der Waals surface area contributed by atoms with E-state index < -0.39 is 102 Å². The van der Waals surface area contributed by atoms with Gasteiger partial charge in [0.05, 0.1) is 12.1 Å². The number of rotatable bonds is 17. The maximum absolute atomic E-state index is 14.8. The molecule has 72 heavy (non-hydrogen) atoms. The molecule has 1 aliphatic heterocycles. The Morgan fingerprint density at radius 2 is 1.38 bits per heavy atom. The van der Waals surface area contributed by atoms with E-state index in [-0.39, 0.29) is 49.5 Å². The molecule has 3 aromatic carbocycles. The quantitative estimate of drug-likeness (QED) is 0.0387. The number of fused-ring (bicyclic) bond motifs is 1. The van der Waals surface area contributed by atoms with E-state index in [1.54, 1.807) is 56.4 Å². The van der Waals surface area contributed by atoms with E-state index in [0.29, 0.717) is 30.3 Å². The third-order valence-corrected chi connectivity index (χ3v) is 14.4. The minimum Gasteiger partial charge on any atom is -0.508 e. The first-order valence-electron chi connectivity index (χ1n) is 23.8. The molecule has 388 valence electrons. The molecule has 0 bridgehead atoms. The van der Waals surface area contributed by atoms with Crippen molar-refractivity contribution in [1.82, 2.24) is 42.2 Å². The number of nitrogens with one attached hydrogen (secondary N) is 8. The Hall–Kier alpha value is -6.46. The van der Waals surface area contributed by atoms with E-state index in [9.17, 15) is 48.6 Å². The highest BCUT2D eigenvalue weighted by Crippen LogP contribution is 2.25. The van der Waals surface area contributed by atoms with Crippen LogP contribution < -0.4 is 48.7 Å². The maximum atomic E-state index is 14.8. The van der Waals surface area contributed by atoms with Crippen LogP contribution in [0, 0.1) is 5.92 Å². The molecular formula is C50H66N10O10S2. The van der Waals surface area contributed by atoms with Crippen LogP contribution >= 0.6 is 21.6 Å². The van der Waals surface area contributed by atoms with Crippen LogP contribution in [-0.2, 0) is 57.6 Å². The van der Waals surface area contributed by atoms with Crippen LogP contribution in [0.25, 0.3) is 10.9 Å². The fraction of sp³-hybridized carbons (Fsp3) is 0.440. The minimum absolute atomic E-state index is 0.0429. The molecule has 2 heterocycles. The molecule has 4 aromatic rings. The van der Waals surface area contributed by atoms with Gasteiger partial charge in [-0.25, -0.2) is 0 Å². The monoisotopic (exact) mass is 1030 g/mol. The number of carbonyl (C=O) groups excluding carboxylic acids is 8. The van der Waals surface area contributed by atoms with E-state index in [0.717, 1.165) is 38.1 Å². The molecule has 0 aliphatic carbocycles. The number of para-hydroxylation sites is 1. The number of aromatic nitrogens is 1. The first-order chi connectivity index (χ1) is 34.5. The number of hydrogen-bond donors (Lipinski definition) is 12. The minimum atomic E-state index is -1.39. The van der Waals surface area contributed by atoms with E-state index in [4.69, 9.17) is 11.5 Å². The van der Waals surface area contributed by atoms with Crippen molar-refractivity contribution < 1.29 is 48.6 Å². The number of unbranched alkanes of at least 4 members (excludes halogenated alkanes) is 1. The number of amides is 7. The Morgan fingerprint density at radius 1 is 0.750 bits per heavy atom. The highest BCUT2D eigenvalue weighted by Gasteiger charge is 2.36. The third kappa shape index (κ3) is 16.8. The molecule has 9 unspecified atom stereocenters. The fourth-order valence-electron chi connectivity index (χ4n) is 7.81. The number of aldehydes is 1. The van der Waals surface area contributed by atoms with Gasteiger partial charge in [-0.05, 0) is 80.0 Å². The second-order valence-corrected chi connectivity index (χ2v) is 20.6. The molecule has 14 N–H and O–H groups in total. The van der Waals surface area contributed by atoms with Crippen LogP contribution in [0.4, 0.5) is 0 Å². The Balaban J connectivity index is 1.58. The Labute approximate surface area is 425 Å². The zero-order valence-corrected chi connectivity index (χ0v) is 42.1. The summed E-state index contributed by atoms with van der Waals surface area (Å²) in [6, 6.07) is 11.9. The number of nitrogens with two attached hydrogens (primary N) is 2. The van der Waals surface area contributed by atoms with Crippen molar-refractivity contribution >= 4 is 80.1 Å². The molecule has 20 nitrogen and oxygen atoms in total. The van der Waals surface area contributed by atoms with Gasteiger partial charge in [-0.1, -0.05) is 96.1 Å². The lowest BCUT2D eigenvalue weighted by Crippen LogP contribution is -2.61. The van der Waals surface area contributed by atoms with Crippen LogP contribution in [0.15, 0.2) is 85.1 Å². The molecule has 0 radical (unpaired) electrons. The summed E-state index contributed by atoms with van der Waals surface area (Å²) in [5, 5.41) is 40.0. The molecule has 1 aromatic heterocycles. The number of hydrogen-bond acceptors (Lipinski definition) is 14. The SMILES string of the molecule is CC(C)C1NC(=O)C(CCCCN)NC(=O)C(Cc2c[nH]c3ccccc23)NC(=O)C(Cc2ccc(O)cc2)NC(=O)C(NC(=O)C(N)Cc2ccccc2)CSSCC(C(=O)NC(C=O)C(C)O)NC1=O. The van der Waals surface area contributed by atoms with Crippen molar-refractivity contribution in [3.63, 3.8) is 0 Å². The molecule has 1 aliphatic rings. The average Bonchev–Trinajstić information content (AvgIpc) is 3.77. The van der Waals surface area contributed by atoms with E-state index in [1.165, 1.54) is 19.1 Å². The topological polar surface area (TPSA) is 329 Å². The normalized spacial score (nSPS) is 22.2. The van der Waals surface area contributed by atoms with Gasteiger partial charge in [0.1, 0.15) is 54.3 Å². The number of carbonyl (C=O) groups is 8. The van der Waals surface area contributed by atoms with Crippen LogP contribution in [0.3, 0.4) is 0 Å². The number of aliphatic hydroxyl groups is 1. The standard InChI is InChI=1S/C50H66N10O10S2/c1-28(2)43-50(70)59-42(49(69)57-40(25-61)29(3)62)27-72-71-26-41(58-44(64)35(52)21-30-11-5-4-6-12-30)48(68)55-38(22-31-16-18-33(63)19-17-31)46(66)56-39(23-32-24-53-36-14-8-7-13-34(32)36)47(67)54-37(45(65)60-43)15-9-10-20-51/h4-8,11-14,16-19,24-25,28-29,35,37-43,53,62-63H,9-10,15,20-23,26-27,51-52H2,1-3H3,(H,54,67)(H,55,68)(H,56,66)(H,57,69)(H,58,64)(H,59,70)(H,60,65). The Bertz CT molecular complexity index is 2480. The highest BCUT2D eigenvalue weighted by molar-refractivity contribution is 8.76. The van der Waals surface area contributed by atoms with Crippen LogP contribution in [-0.4, -0.2) is 135 Å². The number of H-pyrrole nitrogens is 1. The Kier molecular flexibility index (Phi) is 21.9. The molecule has 22 heteroatoms. The molecule has 0 spiro atoms. The molecular weight excluding hydrogens is 965 g/mol. The molecule has 0 saturated carbocycles. The second kappa shape index (κ2) is 28.0. The van der Waals surface area contributed by atoms with Crippen LogP contribution in [0.2, 0.25) is 0 Å². The van der Waals surface area contributed by atoms with Gasteiger partial charge in [0, 0.05) is 41.4 Å². The van der Waals surface area contributed by atoms with Gasteiger partial charge in [-0.15, -0.1) is 0 Å². The lowest BCUT2D eigenvalue weighted by atomic mass is 10.00. The zero-order chi connectivity index (χ0) is 52.3. The molecule has 7 amide bonds. The van der Waals surface area contributed by atoms with Gasteiger partial charge in [-0.2, -0.15) is 0 Å². The van der Waals surface area contributed by atoms with Crippen LogP contribution in [0.5, 0.6) is 5.75 Å². The zero-order valence-electron chi connectivity index (χ0n) is 40.4. The van der Waals surface area contributed by atoms with E-state index in [2.05, 4.69) is 42.2 Å². The highest BCUT2D eigenvalue weighted by atomic mass is 33.1. The van der Waals surface area contributed by atoms with Gasteiger partial charge in [0.15, 0.2) is 0 Å². The number of aliphatic hydroxyl groups excluding tert-OH is 1. The predicted molar refractivity (Wildman–Crippen MR) is 276 cm³/mol. The third-order valence-electron chi connectivity index (χ3n) is 12.0. The summed E-state index contributed by atoms with van der Waals surface area (Å²) in [5.74, 6) is -6.32. The molecule has 5 rings (SSSR count). The van der Waals surface area contributed by atoms with Gasteiger partial charge >= 0.3 is 0 Å². The van der Waals surface area contributed by atoms with Crippen molar-refractivity contribution in [2.45, 2.75) is 114 Å². The van der Waals surface area contributed by atoms with Crippen molar-refractivity contribution in [3.05, 3.63) is 102 Å². The summed E-state index contributed by atoms with van der Waals surface area (Å²) >= 11 is 0. The molecule has 1 saturated heterocycles. The Morgan fingerprint density at radius 3 is 2.04 bits per heavy atom. The van der Waals surface area contributed by atoms with Gasteiger partial charge in [-0.3, -0.25) is 33.6 Å². The van der Waals surface area contributed by atoms with Gasteiger partial charge in [0.2, 0.25) is 41.4 Å². The maximum Gasteiger partial charge on any atom is 0.244 e. The van der Waals surface area contributed by atoms with E-state index in [1.807, 2.05) is 30.3 Å². The summed E-state index contributed by atoms with van der Waals surface area (Å²) in [6.07, 6.45) is 1.64. The number of phenols is 1. The first kappa shape index (κ1) is 56.5. The molecule has 9 atom stereocenters. The predicted octanol–water partition coefficient (Wildman–Crippen LogP) is 0.382. The number of aromatic amines is 1. The largest absolute Gasteiger partial charge is 0.508 e. The van der Waals surface area contributed by atoms with Crippen molar-refractivity contribution in [2.75, 3.05) is 18.1 Å². The lowest BCUT2D eigenvalue weighted by Gasteiger charge is -2.29. The number of benzene rings is 3. The summed E-state index contributed by atoms with van der Waals surface area (Å²) in [6.45, 7) is 4.94. The van der Waals surface area contributed by atoms with E-state index >= 15 is 0 Å². The smallest absolute Gasteiger partial charge is 0.244 e. The van der Waals surface area contributed by atoms with Crippen LogP contribution in [0.1, 0.15) is 56.7 Å². The summed E-state index contributed by atoms with van der Waals surface area (Å²) in [4.78, 5) is 115. The number of phenolic OH excluding ortho intramolecular Hbond substituents is 1. The molecule has 1 fully saturated rings. The van der Waals surface area contributed by atoms with Crippen molar-refractivity contribution in [1.29, 1.82) is 0 Å². The van der Waals surface area contributed by atoms with Gasteiger partial charge < -0.3 is 68.7 Å². The summed E-state index contributed by atoms with van der Waals surface area (Å²) < 4.78 is 0. The van der Waals surface area contributed by atoms with Crippen molar-refractivity contribution in [2.24, 2.45) is 17.4 Å². The number of aromatic hydroxyl groups is 1.